The van der Waals surface area contributed by atoms with Crippen LogP contribution in [-0.4, -0.2) is 49.7 Å². The first-order valence-corrected chi connectivity index (χ1v) is 24.4. The van der Waals surface area contributed by atoms with E-state index in [1.54, 1.807) is 0 Å². The Balaban J connectivity index is 0. The second-order valence-electron chi connectivity index (χ2n) is 16.8. The van der Waals surface area contributed by atoms with Crippen molar-refractivity contribution in [2.24, 2.45) is 11.8 Å². The first-order valence-electron chi connectivity index (χ1n) is 24.4. The van der Waals surface area contributed by atoms with E-state index in [4.69, 9.17) is 9.47 Å². The van der Waals surface area contributed by atoms with Gasteiger partial charge in [-0.25, -0.2) is 0 Å². The van der Waals surface area contributed by atoms with E-state index in [9.17, 15) is 9.59 Å². The molecule has 2 atom stereocenters. The first kappa shape index (κ1) is 56.7. The Labute approximate surface area is 359 Å². The second kappa shape index (κ2) is 46.3. The fourth-order valence-corrected chi connectivity index (χ4v) is 7.75. The van der Waals surface area contributed by atoms with Crippen molar-refractivity contribution >= 4 is 11.9 Å². The Morgan fingerprint density at radius 2 is 0.673 bits per heavy atom. The van der Waals surface area contributed by atoms with Crippen LogP contribution in [0.25, 0.3) is 0 Å². The van der Waals surface area contributed by atoms with Gasteiger partial charge in [0.2, 0.25) is 0 Å². The molecule has 5 nitrogen and oxygen atoms in total. The Kier molecular flexibility index (Phi) is 47.7. The van der Waals surface area contributed by atoms with Crippen LogP contribution in [0, 0.1) is 18.8 Å². The number of nitrogens with zero attached hydrogens (tertiary/aromatic N) is 1. The summed E-state index contributed by atoms with van der Waals surface area (Å²) in [7, 11) is 0. The molecule has 328 valence electrons. The van der Waals surface area contributed by atoms with Crippen LogP contribution in [0.5, 0.6) is 0 Å². The molecule has 0 spiro atoms. The molecule has 0 heterocycles. The molecule has 0 fully saturated rings. The van der Waals surface area contributed by atoms with Crippen molar-refractivity contribution in [1.82, 2.24) is 4.90 Å². The third-order valence-electron chi connectivity index (χ3n) is 11.5. The normalized spacial score (nSPS) is 12.5. The van der Waals surface area contributed by atoms with Crippen LogP contribution >= 0.6 is 0 Å². The summed E-state index contributed by atoms with van der Waals surface area (Å²) in [6.45, 7) is 17.7. The molecule has 0 saturated heterocycles. The molecule has 0 aliphatic rings. The molecule has 6 heteroatoms. The van der Waals surface area contributed by atoms with E-state index >= 15 is 0 Å². The Morgan fingerprint density at radius 1 is 0.400 bits per heavy atom. The molecular weight excluding hydrogens is 762 g/mol. The molecule has 0 aromatic heterocycles. The smallest absolute Gasteiger partial charge is 0.308 e. The van der Waals surface area contributed by atoms with E-state index in [-0.39, 0.29) is 44.8 Å². The number of rotatable bonds is 44. The number of carbonyl (C=O) groups is 2. The summed E-state index contributed by atoms with van der Waals surface area (Å²) in [5.74, 6) is 0.347. The van der Waals surface area contributed by atoms with Gasteiger partial charge in [0, 0.05) is 21.1 Å². The molecule has 0 saturated carbocycles. The van der Waals surface area contributed by atoms with Crippen molar-refractivity contribution in [3.05, 3.63) is 6.92 Å². The van der Waals surface area contributed by atoms with Gasteiger partial charge in [0.05, 0.1) is 25.0 Å². The van der Waals surface area contributed by atoms with Crippen molar-refractivity contribution in [2.75, 3.05) is 32.8 Å². The Morgan fingerprint density at radius 3 is 1.02 bits per heavy atom. The predicted molar refractivity (Wildman–Crippen MR) is 235 cm³/mol. The number of unbranched alkanes of at least 4 members (excludes halogenated alkanes) is 24. The average molecular weight is 859 g/mol. The van der Waals surface area contributed by atoms with Gasteiger partial charge < -0.3 is 21.3 Å². The van der Waals surface area contributed by atoms with Crippen LogP contribution < -0.4 is 0 Å². The zero-order chi connectivity index (χ0) is 39.6. The van der Waals surface area contributed by atoms with Crippen LogP contribution in [0.15, 0.2) is 0 Å². The van der Waals surface area contributed by atoms with Gasteiger partial charge in [-0.15, -0.1) is 0 Å². The maximum absolute atomic E-state index is 13.0. The van der Waals surface area contributed by atoms with Crippen LogP contribution in [0.2, 0.25) is 0 Å². The summed E-state index contributed by atoms with van der Waals surface area (Å²) in [6, 6.07) is 0. The molecule has 0 aromatic rings. The number of carbonyl (C=O) groups excluding carboxylic acids is 2. The fourth-order valence-electron chi connectivity index (χ4n) is 7.75. The molecule has 0 aromatic carbocycles. The molecule has 0 bridgehead atoms. The summed E-state index contributed by atoms with van der Waals surface area (Å²) in [4.78, 5) is 28.6. The minimum Gasteiger partial charge on any atom is -0.465 e. The van der Waals surface area contributed by atoms with Gasteiger partial charge in [0.25, 0.3) is 0 Å². The standard InChI is InChI=1S/C49H96NO4.Mo/c1-6-11-16-20-22-30-39-46(37-28-18-13-8-3)48(51)53-44-35-26-24-33-42-50(41-32-15-10-5)43-34-25-27-36-45-54-49(52)47(38-29-19-14-9-4)40-31-23-21-17-12-7-2;/h46-47H,5-45H2,1-4H3;/q-1;. The van der Waals surface area contributed by atoms with Gasteiger partial charge in [0.15, 0.2) is 0 Å². The van der Waals surface area contributed by atoms with Gasteiger partial charge in [-0.05, 0) is 77.4 Å². The van der Waals surface area contributed by atoms with Crippen molar-refractivity contribution in [3.8, 4) is 0 Å². The SMILES string of the molecule is [CH2-]CCCCN(CCCCCCOC(=O)C(CCCCCC)CCCCCCCC)CCCCCCOC(=O)C(CCCCCC)CCCCCCCC.[Mo]. The van der Waals surface area contributed by atoms with Gasteiger partial charge in [0.1, 0.15) is 0 Å². The predicted octanol–water partition coefficient (Wildman–Crippen LogP) is 15.2. The zero-order valence-electron chi connectivity index (χ0n) is 37.6. The first-order chi connectivity index (χ1) is 26.5. The van der Waals surface area contributed by atoms with E-state index in [0.29, 0.717) is 13.2 Å². The van der Waals surface area contributed by atoms with Crippen molar-refractivity contribution < 1.29 is 40.1 Å². The van der Waals surface area contributed by atoms with E-state index in [2.05, 4.69) is 39.5 Å². The third-order valence-corrected chi connectivity index (χ3v) is 11.5. The fraction of sp³-hybridized carbons (Fsp3) is 0.939. The third kappa shape index (κ3) is 38.9. The van der Waals surface area contributed by atoms with E-state index in [0.717, 1.165) is 96.6 Å². The quantitative estimate of drug-likeness (QED) is 0.0264. The summed E-state index contributed by atoms with van der Waals surface area (Å²) in [5.41, 5.74) is 0. The summed E-state index contributed by atoms with van der Waals surface area (Å²) >= 11 is 0. The van der Waals surface area contributed by atoms with Crippen LogP contribution in [0.4, 0.5) is 0 Å². The van der Waals surface area contributed by atoms with E-state index in [1.807, 2.05) is 0 Å². The molecule has 2 unspecified atom stereocenters. The maximum Gasteiger partial charge on any atom is 0.308 e. The minimum absolute atomic E-state index is 0. The van der Waals surface area contributed by atoms with Crippen molar-refractivity contribution in [2.45, 2.75) is 252 Å². The van der Waals surface area contributed by atoms with Gasteiger partial charge >= 0.3 is 11.9 Å². The summed E-state index contributed by atoms with van der Waals surface area (Å²) < 4.78 is 11.7. The monoisotopic (exact) mass is 861 g/mol. The molecule has 55 heavy (non-hydrogen) atoms. The molecule has 0 amide bonds. The Hall–Kier alpha value is -0.412. The Bertz CT molecular complexity index is 722. The van der Waals surface area contributed by atoms with Gasteiger partial charge in [-0.2, -0.15) is 6.42 Å². The molecule has 0 aliphatic carbocycles. The second-order valence-corrected chi connectivity index (χ2v) is 16.8. The molecular formula is C49H96MoNO4-. The van der Waals surface area contributed by atoms with Crippen LogP contribution in [0.3, 0.4) is 0 Å². The number of hydrogen-bond acceptors (Lipinski definition) is 5. The number of ether oxygens (including phenoxy) is 2. The van der Waals surface area contributed by atoms with Crippen molar-refractivity contribution in [3.63, 3.8) is 0 Å². The van der Waals surface area contributed by atoms with Crippen LogP contribution in [0.1, 0.15) is 252 Å². The largest absolute Gasteiger partial charge is 0.465 e. The topological polar surface area (TPSA) is 55.8 Å². The minimum atomic E-state index is 0. The molecule has 0 rings (SSSR count). The number of hydrogen-bond donors (Lipinski definition) is 0. The summed E-state index contributed by atoms with van der Waals surface area (Å²) in [6.07, 6.45) is 41.6. The number of esters is 2. The van der Waals surface area contributed by atoms with Gasteiger partial charge in [-0.3, -0.25) is 9.59 Å². The molecule has 0 N–H and O–H groups in total. The van der Waals surface area contributed by atoms with Crippen molar-refractivity contribution in [1.29, 1.82) is 0 Å². The average Bonchev–Trinajstić information content (AvgIpc) is 3.17. The summed E-state index contributed by atoms with van der Waals surface area (Å²) in [5, 5.41) is 0. The van der Waals surface area contributed by atoms with Gasteiger partial charge in [-0.1, -0.05) is 188 Å². The van der Waals surface area contributed by atoms with Crippen LogP contribution in [-0.2, 0) is 40.1 Å². The zero-order valence-corrected chi connectivity index (χ0v) is 39.6. The molecule has 0 aliphatic heterocycles. The maximum atomic E-state index is 13.0. The van der Waals surface area contributed by atoms with E-state index in [1.165, 1.54) is 148 Å². The van der Waals surface area contributed by atoms with E-state index < -0.39 is 0 Å². The molecule has 0 radical (unpaired) electrons.